The molecule has 1 unspecified atom stereocenters. The van der Waals surface area contributed by atoms with Gasteiger partial charge in [0.25, 0.3) is 5.91 Å². The molecule has 3 aliphatic heterocycles. The molecule has 5 nitrogen and oxygen atoms in total. The number of rotatable bonds is 3. The summed E-state index contributed by atoms with van der Waals surface area (Å²) in [6.45, 7) is 9.67. The highest BCUT2D eigenvalue weighted by atomic mass is 19.4. The van der Waals surface area contributed by atoms with Crippen molar-refractivity contribution in [1.29, 1.82) is 0 Å². The minimum absolute atomic E-state index is 0.0111. The van der Waals surface area contributed by atoms with Gasteiger partial charge in [-0.15, -0.1) is 5.11 Å². The van der Waals surface area contributed by atoms with E-state index in [1.54, 1.807) is 0 Å². The molecular formula is C23H27F3N4O. The minimum Gasteiger partial charge on any atom is -0.362 e. The molecule has 0 aromatic heterocycles. The van der Waals surface area contributed by atoms with Crippen molar-refractivity contribution in [3.8, 4) is 0 Å². The average molecular weight is 432 g/mol. The predicted molar refractivity (Wildman–Crippen MR) is 111 cm³/mol. The number of fused-ring (bicyclic) bond motifs is 1. The lowest BCUT2D eigenvalue weighted by Crippen LogP contribution is -2.58. The van der Waals surface area contributed by atoms with Gasteiger partial charge in [-0.2, -0.15) is 18.3 Å². The summed E-state index contributed by atoms with van der Waals surface area (Å²) in [5.74, 6) is -0.164. The number of alkyl halides is 3. The molecule has 3 heterocycles. The van der Waals surface area contributed by atoms with Gasteiger partial charge in [0.1, 0.15) is 0 Å². The predicted octanol–water partition coefficient (Wildman–Crippen LogP) is 5.22. The first kappa shape index (κ1) is 21.6. The van der Waals surface area contributed by atoms with Crippen molar-refractivity contribution in [1.82, 2.24) is 10.6 Å². The zero-order valence-corrected chi connectivity index (χ0v) is 18.3. The fraction of sp³-hybridized carbons (Fsp3) is 0.522. The second-order valence-electron chi connectivity index (χ2n) is 9.43. The van der Waals surface area contributed by atoms with Gasteiger partial charge in [0.15, 0.2) is 11.9 Å². The van der Waals surface area contributed by atoms with Gasteiger partial charge in [-0.05, 0) is 37.3 Å². The van der Waals surface area contributed by atoms with Gasteiger partial charge in [-0.1, -0.05) is 45.0 Å². The van der Waals surface area contributed by atoms with Crippen molar-refractivity contribution < 1.29 is 18.0 Å². The van der Waals surface area contributed by atoms with E-state index in [0.717, 1.165) is 5.56 Å². The fourth-order valence-corrected chi connectivity index (χ4v) is 5.09. The van der Waals surface area contributed by atoms with E-state index >= 15 is 0 Å². The molecule has 1 amide bonds. The molecule has 4 rings (SSSR count). The summed E-state index contributed by atoms with van der Waals surface area (Å²) < 4.78 is 42.1. The molecule has 0 bridgehead atoms. The van der Waals surface area contributed by atoms with Crippen LogP contribution in [0, 0.1) is 0 Å². The quantitative estimate of drug-likeness (QED) is 0.688. The van der Waals surface area contributed by atoms with Gasteiger partial charge in [0.05, 0.1) is 11.0 Å². The van der Waals surface area contributed by atoms with Gasteiger partial charge in [-0.3, -0.25) is 4.79 Å². The van der Waals surface area contributed by atoms with Crippen LogP contribution in [0.1, 0.15) is 64.5 Å². The number of carbonyl (C=O) groups is 1. The number of hydrogen-bond donors (Lipinski definition) is 2. The second-order valence-corrected chi connectivity index (χ2v) is 9.43. The third-order valence-electron chi connectivity index (χ3n) is 6.44. The maximum Gasteiger partial charge on any atom is 0.435 e. The number of halogens is 3. The molecule has 3 aliphatic rings. The Morgan fingerprint density at radius 1 is 1.26 bits per heavy atom. The number of carbonyl (C=O) groups excluding carboxylic acids is 1. The van der Waals surface area contributed by atoms with Crippen molar-refractivity contribution in [2.45, 2.75) is 76.7 Å². The largest absolute Gasteiger partial charge is 0.435 e. The molecular weight excluding hydrogens is 405 g/mol. The summed E-state index contributed by atoms with van der Waals surface area (Å²) in [4.78, 5) is 13.4. The van der Waals surface area contributed by atoms with Crippen molar-refractivity contribution in [3.63, 3.8) is 0 Å². The van der Waals surface area contributed by atoms with Crippen molar-refractivity contribution >= 4 is 5.91 Å². The molecule has 0 fully saturated rings. The van der Waals surface area contributed by atoms with E-state index in [0.29, 0.717) is 23.3 Å². The van der Waals surface area contributed by atoms with Gasteiger partial charge < -0.3 is 10.6 Å². The van der Waals surface area contributed by atoms with Crippen LogP contribution in [0.5, 0.6) is 0 Å². The highest BCUT2D eigenvalue weighted by molar-refractivity contribution is 6.00. The first-order chi connectivity index (χ1) is 14.4. The van der Waals surface area contributed by atoms with E-state index < -0.39 is 29.0 Å². The topological polar surface area (TPSA) is 65.8 Å². The Kier molecular flexibility index (Phi) is 4.83. The van der Waals surface area contributed by atoms with Crippen molar-refractivity contribution in [2.24, 2.45) is 10.2 Å². The summed E-state index contributed by atoms with van der Waals surface area (Å²) in [5, 5.41) is 13.6. The van der Waals surface area contributed by atoms with Crippen molar-refractivity contribution in [3.05, 3.63) is 57.9 Å². The smallest absolute Gasteiger partial charge is 0.362 e. The van der Waals surface area contributed by atoms with Crippen LogP contribution in [0.15, 0.2) is 57.0 Å². The zero-order valence-electron chi connectivity index (χ0n) is 18.3. The standard InChI is InChI=1S/C23H27F3N4O/c1-6-22(14-9-7-8-13(10-14)12(2)3)16-15(11-21(4,5)28-20(16)31)27-19-17(22)18(29-30-19)23(24,25)26/h7-10,12,19,27H,6,11H2,1-5H3,(H,28,31)/t19?,22-/m1/s1. The van der Waals surface area contributed by atoms with E-state index in [1.807, 2.05) is 58.9 Å². The van der Waals surface area contributed by atoms with Crippen LogP contribution in [0.3, 0.4) is 0 Å². The number of hydrogen-bond acceptors (Lipinski definition) is 4. The Hall–Kier alpha value is -2.64. The van der Waals surface area contributed by atoms with Crippen LogP contribution in [0.4, 0.5) is 13.2 Å². The van der Waals surface area contributed by atoms with Crippen LogP contribution >= 0.6 is 0 Å². The molecule has 2 atom stereocenters. The van der Waals surface area contributed by atoms with E-state index in [4.69, 9.17) is 0 Å². The van der Waals surface area contributed by atoms with Crippen LogP contribution in [-0.2, 0) is 10.2 Å². The highest BCUT2D eigenvalue weighted by Crippen LogP contribution is 2.54. The summed E-state index contributed by atoms with van der Waals surface area (Å²) in [5.41, 5.74) is -0.142. The van der Waals surface area contributed by atoms with Crippen LogP contribution < -0.4 is 10.6 Å². The Morgan fingerprint density at radius 2 is 1.97 bits per heavy atom. The van der Waals surface area contributed by atoms with Gasteiger partial charge in [0.2, 0.25) is 0 Å². The number of allylic oxidation sites excluding steroid dienone is 1. The minimum atomic E-state index is -4.67. The molecule has 31 heavy (non-hydrogen) atoms. The van der Waals surface area contributed by atoms with Crippen molar-refractivity contribution in [2.75, 3.05) is 0 Å². The first-order valence-electron chi connectivity index (χ1n) is 10.6. The molecule has 166 valence electrons. The fourth-order valence-electron chi connectivity index (χ4n) is 5.09. The Morgan fingerprint density at radius 3 is 2.58 bits per heavy atom. The van der Waals surface area contributed by atoms with Gasteiger partial charge >= 0.3 is 6.18 Å². The summed E-state index contributed by atoms with van der Waals surface area (Å²) in [6.07, 6.45) is -4.87. The highest BCUT2D eigenvalue weighted by Gasteiger charge is 2.57. The van der Waals surface area contributed by atoms with Crippen LogP contribution in [0.25, 0.3) is 0 Å². The maximum absolute atomic E-state index is 14.0. The molecule has 1 aromatic rings. The molecule has 8 heteroatoms. The molecule has 2 N–H and O–H groups in total. The average Bonchev–Trinajstić information content (AvgIpc) is 3.10. The Labute approximate surface area is 179 Å². The molecule has 0 radical (unpaired) electrons. The zero-order chi connectivity index (χ0) is 22.8. The summed E-state index contributed by atoms with van der Waals surface area (Å²) in [6, 6.07) is 7.54. The van der Waals surface area contributed by atoms with E-state index in [9.17, 15) is 18.0 Å². The molecule has 0 aliphatic carbocycles. The normalized spacial score (nSPS) is 27.3. The number of nitrogens with one attached hydrogen (secondary N) is 2. The van der Waals surface area contributed by atoms with E-state index in [1.165, 1.54) is 0 Å². The molecule has 0 spiro atoms. The van der Waals surface area contributed by atoms with Crippen LogP contribution in [0.2, 0.25) is 0 Å². The number of azo groups is 1. The first-order valence-corrected chi connectivity index (χ1v) is 10.6. The van der Waals surface area contributed by atoms with E-state index in [-0.39, 0.29) is 23.8 Å². The molecule has 1 aromatic carbocycles. The second kappa shape index (κ2) is 6.93. The lowest BCUT2D eigenvalue weighted by Gasteiger charge is -2.48. The van der Waals surface area contributed by atoms with Gasteiger partial charge in [0, 0.05) is 23.2 Å². The number of amides is 1. The molecule has 0 saturated carbocycles. The lowest BCUT2D eigenvalue weighted by atomic mass is 9.61. The monoisotopic (exact) mass is 432 g/mol. The summed E-state index contributed by atoms with van der Waals surface area (Å²) in [7, 11) is 0. The maximum atomic E-state index is 14.0. The number of benzene rings is 1. The SMILES string of the molecule is CC[C@@]1(c2cccc(C(C)C)c2)C2=C(CC(C)(C)NC2=O)NC2N=NC(C(F)(F)F)=C21. The van der Waals surface area contributed by atoms with E-state index in [2.05, 4.69) is 20.9 Å². The van der Waals surface area contributed by atoms with Crippen LogP contribution in [-0.4, -0.2) is 23.8 Å². The Balaban J connectivity index is 2.08. The van der Waals surface area contributed by atoms with Gasteiger partial charge in [-0.25, -0.2) is 0 Å². The molecule has 0 saturated heterocycles. The third-order valence-corrected chi connectivity index (χ3v) is 6.44. The number of nitrogens with zero attached hydrogens (tertiary/aromatic N) is 2. The lowest BCUT2D eigenvalue weighted by molar-refractivity contribution is -0.120. The third kappa shape index (κ3) is 3.27. The Bertz CT molecular complexity index is 1040. The summed E-state index contributed by atoms with van der Waals surface area (Å²) >= 11 is 0.